The fourth-order valence-corrected chi connectivity index (χ4v) is 8.90. The van der Waals surface area contributed by atoms with Crippen LogP contribution in [0.1, 0.15) is 316 Å². The van der Waals surface area contributed by atoms with Crippen molar-refractivity contribution in [2.45, 2.75) is 322 Å². The molecule has 6 heteroatoms. The van der Waals surface area contributed by atoms with E-state index in [1.165, 1.54) is 186 Å². The third-order valence-corrected chi connectivity index (χ3v) is 13.5. The molecule has 0 aliphatic carbocycles. The summed E-state index contributed by atoms with van der Waals surface area (Å²) in [6.07, 6.45) is 75.1. The predicted molar refractivity (Wildman–Crippen MR) is 307 cm³/mol. The third kappa shape index (κ3) is 57.9. The number of allylic oxidation sites excluding steroid dienone is 10. The maximum atomic E-state index is 12.9. The van der Waals surface area contributed by atoms with Gasteiger partial charge in [0.05, 0.1) is 0 Å². The van der Waals surface area contributed by atoms with Crippen LogP contribution in [0.25, 0.3) is 0 Å². The lowest BCUT2D eigenvalue weighted by atomic mass is 10.0. The third-order valence-electron chi connectivity index (χ3n) is 13.5. The molecule has 412 valence electrons. The van der Waals surface area contributed by atoms with Gasteiger partial charge in [-0.3, -0.25) is 14.4 Å². The van der Waals surface area contributed by atoms with Crippen LogP contribution >= 0.6 is 0 Å². The van der Waals surface area contributed by atoms with Crippen LogP contribution in [0, 0.1) is 0 Å². The van der Waals surface area contributed by atoms with E-state index in [1.54, 1.807) is 0 Å². The molecule has 0 aliphatic rings. The Hall–Kier alpha value is -2.89. The summed E-state index contributed by atoms with van der Waals surface area (Å²) in [6.45, 7) is 6.55. The van der Waals surface area contributed by atoms with E-state index in [2.05, 4.69) is 81.5 Å². The van der Waals surface area contributed by atoms with Gasteiger partial charge >= 0.3 is 17.9 Å². The van der Waals surface area contributed by atoms with Crippen molar-refractivity contribution in [2.24, 2.45) is 0 Å². The minimum Gasteiger partial charge on any atom is -0.462 e. The molecule has 0 radical (unpaired) electrons. The molecule has 0 saturated heterocycles. The number of rotatable bonds is 56. The fraction of sp³-hybridized carbons (Fsp3) is 0.800. The van der Waals surface area contributed by atoms with Gasteiger partial charge in [0, 0.05) is 19.3 Å². The van der Waals surface area contributed by atoms with Crippen LogP contribution in [0.15, 0.2) is 60.8 Å². The molecule has 6 nitrogen and oxygen atoms in total. The summed E-state index contributed by atoms with van der Waals surface area (Å²) in [5, 5.41) is 0. The molecule has 0 rings (SSSR count). The van der Waals surface area contributed by atoms with E-state index >= 15 is 0 Å². The van der Waals surface area contributed by atoms with Crippen molar-refractivity contribution in [3.63, 3.8) is 0 Å². The number of hydrogen-bond acceptors (Lipinski definition) is 6. The van der Waals surface area contributed by atoms with Gasteiger partial charge in [0.1, 0.15) is 13.2 Å². The van der Waals surface area contributed by atoms with Gasteiger partial charge in [0.2, 0.25) is 0 Å². The number of ether oxygens (including phenoxy) is 3. The second kappa shape index (κ2) is 59.7. The molecule has 0 N–H and O–H groups in total. The lowest BCUT2D eigenvalue weighted by molar-refractivity contribution is -0.167. The molecule has 0 fully saturated rings. The maximum absolute atomic E-state index is 12.9. The molecule has 0 saturated carbocycles. The number of unbranched alkanes of at least 4 members (excludes halogenated alkanes) is 35. The second-order valence-corrected chi connectivity index (χ2v) is 20.6. The minimum absolute atomic E-state index is 0.0741. The molecule has 0 spiro atoms. The molecular weight excluding hydrogens is 877 g/mol. The van der Waals surface area contributed by atoms with Gasteiger partial charge < -0.3 is 14.2 Å². The molecule has 0 aromatic carbocycles. The van der Waals surface area contributed by atoms with Crippen LogP contribution in [0.3, 0.4) is 0 Å². The second-order valence-electron chi connectivity index (χ2n) is 20.6. The lowest BCUT2D eigenvalue weighted by Gasteiger charge is -2.18. The summed E-state index contributed by atoms with van der Waals surface area (Å²) in [4.78, 5) is 38.2. The first-order chi connectivity index (χ1) is 35.0. The number of hydrogen-bond donors (Lipinski definition) is 0. The van der Waals surface area contributed by atoms with Crippen molar-refractivity contribution in [1.29, 1.82) is 0 Å². The highest BCUT2D eigenvalue weighted by molar-refractivity contribution is 5.71. The van der Waals surface area contributed by atoms with E-state index in [4.69, 9.17) is 14.2 Å². The Morgan fingerprint density at radius 3 is 0.873 bits per heavy atom. The van der Waals surface area contributed by atoms with E-state index in [1.807, 2.05) is 0 Å². The number of carbonyl (C=O) groups is 3. The first kappa shape index (κ1) is 68.1. The summed E-state index contributed by atoms with van der Waals surface area (Å²) in [5.41, 5.74) is 0. The van der Waals surface area contributed by atoms with Crippen LogP contribution in [0.4, 0.5) is 0 Å². The quantitative estimate of drug-likeness (QED) is 0.0261. The van der Waals surface area contributed by atoms with Crippen LogP contribution in [-0.4, -0.2) is 37.2 Å². The molecule has 0 heterocycles. The van der Waals surface area contributed by atoms with E-state index in [9.17, 15) is 14.4 Å². The first-order valence-electron chi connectivity index (χ1n) is 30.8. The molecule has 1 unspecified atom stereocenters. The van der Waals surface area contributed by atoms with Crippen molar-refractivity contribution >= 4 is 17.9 Å². The predicted octanol–water partition coefficient (Wildman–Crippen LogP) is 20.8. The summed E-state index contributed by atoms with van der Waals surface area (Å²) >= 11 is 0. The van der Waals surface area contributed by atoms with Gasteiger partial charge in [-0.1, -0.05) is 274 Å². The lowest BCUT2D eigenvalue weighted by Crippen LogP contribution is -2.30. The monoisotopic (exact) mass is 993 g/mol. The van der Waals surface area contributed by atoms with E-state index < -0.39 is 6.10 Å². The Morgan fingerprint density at radius 2 is 0.549 bits per heavy atom. The number of esters is 3. The molecule has 0 bridgehead atoms. The van der Waals surface area contributed by atoms with Crippen molar-refractivity contribution in [3.05, 3.63) is 60.8 Å². The SMILES string of the molecule is CC/C=C\C/C=C\C/C=C\C/C=C\CCCCCCCCCCCCCCC(=O)OCC(COC(=O)CCCCCCCCCCCCCC)OC(=O)CCCCCCC/C=C\CCCCCCCCC. The van der Waals surface area contributed by atoms with Crippen molar-refractivity contribution < 1.29 is 28.6 Å². The topological polar surface area (TPSA) is 78.9 Å². The Morgan fingerprint density at radius 1 is 0.296 bits per heavy atom. The molecular formula is C65H116O6. The van der Waals surface area contributed by atoms with E-state index in [-0.39, 0.29) is 31.1 Å². The van der Waals surface area contributed by atoms with Crippen LogP contribution < -0.4 is 0 Å². The summed E-state index contributed by atoms with van der Waals surface area (Å²) in [7, 11) is 0. The minimum atomic E-state index is -0.777. The van der Waals surface area contributed by atoms with Gasteiger partial charge in [0.15, 0.2) is 6.10 Å². The molecule has 0 amide bonds. The molecule has 0 aromatic heterocycles. The highest BCUT2D eigenvalue weighted by atomic mass is 16.6. The molecule has 0 aromatic rings. The molecule has 71 heavy (non-hydrogen) atoms. The van der Waals surface area contributed by atoms with Crippen LogP contribution in [0.5, 0.6) is 0 Å². The first-order valence-corrected chi connectivity index (χ1v) is 30.8. The summed E-state index contributed by atoms with van der Waals surface area (Å²) in [5.74, 6) is -0.869. The Kier molecular flexibility index (Phi) is 57.2. The fourth-order valence-electron chi connectivity index (χ4n) is 8.90. The highest BCUT2D eigenvalue weighted by Gasteiger charge is 2.19. The standard InChI is InChI=1S/C65H116O6/c1-4-7-10-13-16-19-22-25-27-29-30-31-32-33-34-35-36-37-39-40-43-46-49-52-55-58-64(67)70-61-62(60-69-63(66)57-54-51-48-45-42-24-21-18-15-12-9-6-3)71-65(68)59-56-53-50-47-44-41-38-28-26-23-20-17-14-11-8-5-2/h7,10,16,19,25,27-28,30-31,38,62H,4-6,8-9,11-15,17-18,20-24,26,29,32-37,39-61H2,1-3H3/b10-7-,19-16-,27-25-,31-30-,38-28-. The summed E-state index contributed by atoms with van der Waals surface area (Å²) in [6, 6.07) is 0. The van der Waals surface area contributed by atoms with Crippen molar-refractivity contribution in [3.8, 4) is 0 Å². The Balaban J connectivity index is 4.26. The Bertz CT molecular complexity index is 1280. The number of carbonyl (C=O) groups excluding carboxylic acids is 3. The average molecular weight is 994 g/mol. The zero-order valence-electron chi connectivity index (χ0n) is 47.2. The van der Waals surface area contributed by atoms with E-state index in [0.717, 1.165) is 89.9 Å². The highest BCUT2D eigenvalue weighted by Crippen LogP contribution is 2.16. The van der Waals surface area contributed by atoms with Crippen LogP contribution in [0.2, 0.25) is 0 Å². The largest absolute Gasteiger partial charge is 0.462 e. The van der Waals surface area contributed by atoms with Gasteiger partial charge in [-0.15, -0.1) is 0 Å². The Labute approximate surface area is 440 Å². The van der Waals surface area contributed by atoms with Gasteiger partial charge in [-0.25, -0.2) is 0 Å². The van der Waals surface area contributed by atoms with Crippen molar-refractivity contribution in [2.75, 3.05) is 13.2 Å². The molecule has 0 aliphatic heterocycles. The van der Waals surface area contributed by atoms with Crippen molar-refractivity contribution in [1.82, 2.24) is 0 Å². The smallest absolute Gasteiger partial charge is 0.306 e. The van der Waals surface area contributed by atoms with Crippen LogP contribution in [-0.2, 0) is 28.6 Å². The summed E-state index contributed by atoms with van der Waals surface area (Å²) < 4.78 is 16.9. The maximum Gasteiger partial charge on any atom is 0.306 e. The zero-order valence-corrected chi connectivity index (χ0v) is 47.2. The van der Waals surface area contributed by atoms with E-state index in [0.29, 0.717) is 19.3 Å². The normalized spacial score (nSPS) is 12.4. The van der Waals surface area contributed by atoms with Gasteiger partial charge in [-0.2, -0.15) is 0 Å². The molecule has 1 atom stereocenters. The van der Waals surface area contributed by atoms with Gasteiger partial charge in [0.25, 0.3) is 0 Å². The van der Waals surface area contributed by atoms with Gasteiger partial charge in [-0.05, 0) is 83.5 Å². The zero-order chi connectivity index (χ0) is 51.4. The average Bonchev–Trinajstić information content (AvgIpc) is 3.37.